The predicted octanol–water partition coefficient (Wildman–Crippen LogP) is 5.59. The van der Waals surface area contributed by atoms with Crippen LogP contribution in [0.15, 0.2) is 71.6 Å². The van der Waals surface area contributed by atoms with E-state index >= 15 is 0 Å². The fourth-order valence-corrected chi connectivity index (χ4v) is 6.41. The van der Waals surface area contributed by atoms with E-state index in [1.165, 1.54) is 40.7 Å². The third-order valence-electron chi connectivity index (χ3n) is 5.59. The number of rotatable bonds is 5. The number of anilines is 2. The van der Waals surface area contributed by atoms with E-state index in [0.717, 1.165) is 29.4 Å². The molecule has 0 fully saturated rings. The highest BCUT2D eigenvalue weighted by atomic mass is 32.2. The topological polar surface area (TPSA) is 88.6 Å². The lowest BCUT2D eigenvalue weighted by Crippen LogP contribution is -2.35. The first-order chi connectivity index (χ1) is 17.1. The Morgan fingerprint density at radius 1 is 1.06 bits per heavy atom. The summed E-state index contributed by atoms with van der Waals surface area (Å²) in [7, 11) is -3.81. The van der Waals surface area contributed by atoms with Crippen molar-refractivity contribution in [3.63, 3.8) is 0 Å². The first-order valence-corrected chi connectivity index (χ1v) is 13.0. The molecule has 186 valence electrons. The third-order valence-corrected chi connectivity index (χ3v) is 8.35. The van der Waals surface area contributed by atoms with Crippen LogP contribution in [0.1, 0.15) is 22.3 Å². The van der Waals surface area contributed by atoms with Crippen molar-refractivity contribution in [2.45, 2.75) is 24.1 Å². The van der Waals surface area contributed by atoms with Gasteiger partial charge < -0.3 is 4.74 Å². The number of nitrogens with zero attached hydrogens (tertiary/aromatic N) is 2. The van der Waals surface area contributed by atoms with Gasteiger partial charge in [-0.15, -0.1) is 13.2 Å². The third kappa shape index (κ3) is 4.86. The van der Waals surface area contributed by atoms with Gasteiger partial charge in [0, 0.05) is 18.2 Å². The minimum absolute atomic E-state index is 0.0629. The average Bonchev–Trinajstić information content (AvgIpc) is 3.24. The van der Waals surface area contributed by atoms with Gasteiger partial charge in [-0.3, -0.25) is 14.4 Å². The summed E-state index contributed by atoms with van der Waals surface area (Å²) in [6.45, 7) is 0.370. The summed E-state index contributed by atoms with van der Waals surface area (Å²) >= 11 is 0.987. The second-order valence-electron chi connectivity index (χ2n) is 7.98. The molecular formula is C24H18F3N3O4S2. The molecule has 1 aromatic heterocycles. The van der Waals surface area contributed by atoms with Crippen molar-refractivity contribution in [3.05, 3.63) is 77.9 Å². The number of hydrogen-bond donors (Lipinski definition) is 1. The number of aromatic nitrogens is 1. The first kappa shape index (κ1) is 24.1. The molecule has 0 aliphatic carbocycles. The van der Waals surface area contributed by atoms with E-state index in [-0.39, 0.29) is 21.3 Å². The van der Waals surface area contributed by atoms with Gasteiger partial charge in [-0.2, -0.15) is 0 Å². The number of aryl methyl sites for hydroxylation is 1. The van der Waals surface area contributed by atoms with Crippen molar-refractivity contribution in [2.75, 3.05) is 16.2 Å². The van der Waals surface area contributed by atoms with Crippen LogP contribution in [-0.2, 0) is 16.4 Å². The Hall–Kier alpha value is -3.64. The summed E-state index contributed by atoms with van der Waals surface area (Å²) in [5, 5.41) is 2.78. The number of halogens is 3. The number of para-hydroxylation sites is 1. The fraction of sp³-hybridized carbons (Fsp3) is 0.167. The van der Waals surface area contributed by atoms with Crippen LogP contribution in [0.4, 0.5) is 24.0 Å². The van der Waals surface area contributed by atoms with Gasteiger partial charge in [0.2, 0.25) is 0 Å². The van der Waals surface area contributed by atoms with E-state index in [0.29, 0.717) is 28.9 Å². The van der Waals surface area contributed by atoms with Crippen molar-refractivity contribution >= 4 is 48.3 Å². The molecule has 0 saturated carbocycles. The van der Waals surface area contributed by atoms with Crippen molar-refractivity contribution in [3.8, 4) is 5.75 Å². The normalized spacial score (nSPS) is 13.9. The summed E-state index contributed by atoms with van der Waals surface area (Å²) < 4.78 is 69.6. The van der Waals surface area contributed by atoms with E-state index in [1.54, 1.807) is 12.1 Å². The van der Waals surface area contributed by atoms with E-state index in [2.05, 4.69) is 15.0 Å². The molecule has 1 aliphatic rings. The molecule has 0 radical (unpaired) electrons. The molecular weight excluding hydrogens is 515 g/mol. The number of ether oxygens (including phenoxy) is 1. The van der Waals surface area contributed by atoms with E-state index in [1.807, 2.05) is 12.1 Å². The lowest BCUT2D eigenvalue weighted by atomic mass is 10.0. The maximum atomic E-state index is 13.3. The Kier molecular flexibility index (Phi) is 6.08. The molecule has 3 aromatic carbocycles. The van der Waals surface area contributed by atoms with Crippen LogP contribution in [0.25, 0.3) is 10.2 Å². The van der Waals surface area contributed by atoms with Crippen LogP contribution in [0, 0.1) is 0 Å². The van der Waals surface area contributed by atoms with E-state index in [4.69, 9.17) is 0 Å². The fourth-order valence-electron chi connectivity index (χ4n) is 3.98. The van der Waals surface area contributed by atoms with Crippen LogP contribution in [0.3, 0.4) is 0 Å². The van der Waals surface area contributed by atoms with Gasteiger partial charge in [0.15, 0.2) is 5.13 Å². The minimum atomic E-state index is -4.81. The van der Waals surface area contributed by atoms with Crippen LogP contribution >= 0.6 is 11.3 Å². The first-order valence-electron chi connectivity index (χ1n) is 10.8. The summed E-state index contributed by atoms with van der Waals surface area (Å²) in [5.74, 6) is -0.919. The molecule has 0 unspecified atom stereocenters. The molecule has 0 atom stereocenters. The van der Waals surface area contributed by atoms with Crippen molar-refractivity contribution in [2.24, 2.45) is 0 Å². The van der Waals surface area contributed by atoms with Gasteiger partial charge in [0.25, 0.3) is 15.9 Å². The molecule has 1 N–H and O–H groups in total. The van der Waals surface area contributed by atoms with E-state index < -0.39 is 22.3 Å². The maximum Gasteiger partial charge on any atom is 0.573 e. The number of amides is 1. The molecule has 4 aromatic rings. The quantitative estimate of drug-likeness (QED) is 0.361. The molecule has 0 bridgehead atoms. The Morgan fingerprint density at radius 2 is 1.81 bits per heavy atom. The van der Waals surface area contributed by atoms with Gasteiger partial charge >= 0.3 is 6.36 Å². The number of thiazole rings is 1. The Morgan fingerprint density at radius 3 is 2.56 bits per heavy atom. The van der Waals surface area contributed by atoms with Gasteiger partial charge in [0.1, 0.15) is 5.75 Å². The number of carbonyl (C=O) groups is 1. The number of fused-ring (bicyclic) bond motifs is 2. The Balaban J connectivity index is 1.32. The molecule has 12 heteroatoms. The predicted molar refractivity (Wildman–Crippen MR) is 130 cm³/mol. The Bertz CT molecular complexity index is 1550. The molecule has 5 rings (SSSR count). The monoisotopic (exact) mass is 533 g/mol. The highest BCUT2D eigenvalue weighted by Crippen LogP contribution is 2.33. The lowest BCUT2D eigenvalue weighted by molar-refractivity contribution is -0.274. The molecule has 7 nitrogen and oxygen atoms in total. The second kappa shape index (κ2) is 9.10. The minimum Gasteiger partial charge on any atom is -0.406 e. The summed E-state index contributed by atoms with van der Waals surface area (Å²) in [6, 6.07) is 16.6. The number of carbonyl (C=O) groups excluding carboxylic acids is 1. The molecule has 0 saturated heterocycles. The maximum absolute atomic E-state index is 13.3. The zero-order valence-corrected chi connectivity index (χ0v) is 20.1. The lowest BCUT2D eigenvalue weighted by Gasteiger charge is -2.30. The molecule has 36 heavy (non-hydrogen) atoms. The number of sulfonamides is 1. The molecule has 0 spiro atoms. The van der Waals surface area contributed by atoms with Gasteiger partial charge in [0.05, 0.1) is 20.8 Å². The van der Waals surface area contributed by atoms with Crippen LogP contribution < -0.4 is 14.4 Å². The number of hydrogen-bond acceptors (Lipinski definition) is 6. The van der Waals surface area contributed by atoms with Gasteiger partial charge in [-0.25, -0.2) is 13.4 Å². The molecule has 2 heterocycles. The summed E-state index contributed by atoms with van der Waals surface area (Å²) in [6.07, 6.45) is -3.29. The van der Waals surface area contributed by atoms with Gasteiger partial charge in [-0.05, 0) is 60.9 Å². The highest BCUT2D eigenvalue weighted by molar-refractivity contribution is 7.92. The Labute approximate surface area is 208 Å². The van der Waals surface area contributed by atoms with Crippen LogP contribution in [0.2, 0.25) is 0 Å². The zero-order valence-electron chi connectivity index (χ0n) is 18.4. The number of nitrogens with one attached hydrogen (secondary N) is 1. The van der Waals surface area contributed by atoms with Gasteiger partial charge in [-0.1, -0.05) is 29.5 Å². The van der Waals surface area contributed by atoms with Crippen molar-refractivity contribution in [1.82, 2.24) is 4.98 Å². The van der Waals surface area contributed by atoms with Crippen LogP contribution in [0.5, 0.6) is 5.75 Å². The zero-order chi connectivity index (χ0) is 25.5. The molecule has 1 amide bonds. The van der Waals surface area contributed by atoms with Crippen molar-refractivity contribution in [1.29, 1.82) is 0 Å². The van der Waals surface area contributed by atoms with E-state index in [9.17, 15) is 26.4 Å². The second-order valence-corrected chi connectivity index (χ2v) is 10.9. The smallest absolute Gasteiger partial charge is 0.406 e. The number of benzene rings is 3. The largest absolute Gasteiger partial charge is 0.573 e. The molecule has 1 aliphatic heterocycles. The summed E-state index contributed by atoms with van der Waals surface area (Å²) in [4.78, 5) is 17.0. The average molecular weight is 534 g/mol. The standard InChI is InChI=1S/C24H18F3N3O4S2/c25-24(26,27)34-17-9-12-19-21(14-17)35-23(28-19)29-22(31)16-7-10-18(11-8-16)36(32,33)30-13-3-5-15-4-1-2-6-20(15)30/h1-2,4,6-12,14H,3,5,13H2,(H,28,29,31). The summed E-state index contributed by atoms with van der Waals surface area (Å²) in [5.41, 5.74) is 2.22. The van der Waals surface area contributed by atoms with Crippen molar-refractivity contribution < 1.29 is 31.1 Å². The van der Waals surface area contributed by atoms with Crippen LogP contribution in [-0.4, -0.2) is 32.2 Å². The SMILES string of the molecule is O=C(Nc1nc2ccc(OC(F)(F)F)cc2s1)c1ccc(S(=O)(=O)N2CCCc3ccccc32)cc1. The number of alkyl halides is 3. The highest BCUT2D eigenvalue weighted by Gasteiger charge is 2.31.